The summed E-state index contributed by atoms with van der Waals surface area (Å²) in [5.74, 6) is 0.538. The smallest absolute Gasteiger partial charge is 0.277 e. The molecule has 0 radical (unpaired) electrons. The summed E-state index contributed by atoms with van der Waals surface area (Å²) >= 11 is 6.79. The molecule has 144 valence electrons. The Kier molecular flexibility index (Phi) is 7.49. The van der Waals surface area contributed by atoms with Gasteiger partial charge in [-0.25, -0.2) is 5.43 Å². The Labute approximate surface area is 173 Å². The number of phenols is 1. The van der Waals surface area contributed by atoms with Crippen LogP contribution < -0.4 is 19.6 Å². The zero-order valence-corrected chi connectivity index (χ0v) is 18.0. The van der Waals surface area contributed by atoms with Crippen LogP contribution in [0, 0.1) is 6.92 Å². The van der Waals surface area contributed by atoms with Crippen LogP contribution in [0.5, 0.6) is 23.0 Å². The van der Waals surface area contributed by atoms with E-state index < -0.39 is 5.91 Å². The minimum Gasteiger partial charge on any atom is -0.502 e. The van der Waals surface area contributed by atoms with Gasteiger partial charge in [-0.15, -0.1) is 0 Å². The predicted molar refractivity (Wildman–Crippen MR) is 109 cm³/mol. The number of aromatic hydroxyl groups is 1. The Hall–Kier alpha value is -2.26. The van der Waals surface area contributed by atoms with E-state index in [0.29, 0.717) is 11.3 Å². The normalized spacial score (nSPS) is 10.7. The zero-order valence-electron chi connectivity index (χ0n) is 14.9. The second-order valence-electron chi connectivity index (χ2n) is 5.39. The molecule has 2 aromatic rings. The highest BCUT2D eigenvalue weighted by atomic mass is 79.9. The molecule has 0 fully saturated rings. The highest BCUT2D eigenvalue weighted by Crippen LogP contribution is 2.36. The van der Waals surface area contributed by atoms with Gasteiger partial charge < -0.3 is 19.3 Å². The molecule has 27 heavy (non-hydrogen) atoms. The topological polar surface area (TPSA) is 89.4 Å². The van der Waals surface area contributed by atoms with Crippen LogP contribution in [-0.4, -0.2) is 38.1 Å². The fraction of sp³-hybridized carbons (Fsp3) is 0.222. The number of aryl methyl sites for hydroxylation is 1. The Balaban J connectivity index is 1.98. The summed E-state index contributed by atoms with van der Waals surface area (Å²) in [6.07, 6.45) is 1.41. The van der Waals surface area contributed by atoms with Crippen LogP contribution in [0.3, 0.4) is 0 Å². The van der Waals surface area contributed by atoms with Crippen LogP contribution in [0.2, 0.25) is 0 Å². The molecule has 0 bridgehead atoms. The molecule has 7 nitrogen and oxygen atoms in total. The van der Waals surface area contributed by atoms with E-state index in [4.69, 9.17) is 14.2 Å². The second kappa shape index (κ2) is 9.61. The van der Waals surface area contributed by atoms with Gasteiger partial charge in [0.15, 0.2) is 18.1 Å². The lowest BCUT2D eigenvalue weighted by molar-refractivity contribution is -0.123. The van der Waals surface area contributed by atoms with Gasteiger partial charge in [-0.1, -0.05) is 15.9 Å². The highest BCUT2D eigenvalue weighted by molar-refractivity contribution is 9.11. The van der Waals surface area contributed by atoms with Gasteiger partial charge in [0.25, 0.3) is 5.91 Å². The molecule has 2 rings (SSSR count). The van der Waals surface area contributed by atoms with Gasteiger partial charge in [0.05, 0.1) is 24.9 Å². The Morgan fingerprint density at radius 2 is 1.81 bits per heavy atom. The van der Waals surface area contributed by atoms with Crippen LogP contribution in [-0.2, 0) is 4.79 Å². The maximum Gasteiger partial charge on any atom is 0.277 e. The van der Waals surface area contributed by atoms with Crippen molar-refractivity contribution in [2.75, 3.05) is 20.8 Å². The minimum atomic E-state index is -0.418. The first kappa shape index (κ1) is 21.0. The van der Waals surface area contributed by atoms with Crippen LogP contribution >= 0.6 is 31.9 Å². The summed E-state index contributed by atoms with van der Waals surface area (Å²) in [5.41, 5.74) is 3.84. The average Bonchev–Trinajstić information content (AvgIpc) is 2.61. The van der Waals surface area contributed by atoms with Crippen molar-refractivity contribution in [2.45, 2.75) is 6.92 Å². The molecule has 0 aromatic heterocycles. The number of halogens is 2. The SMILES string of the molecule is COc1cc(/C=N/NC(=O)COc2c(C)cc(Br)cc2Br)cc(OC)c1O. The van der Waals surface area contributed by atoms with E-state index in [2.05, 4.69) is 42.4 Å². The molecule has 0 aliphatic heterocycles. The Bertz CT molecular complexity index is 823. The van der Waals surface area contributed by atoms with E-state index in [0.717, 1.165) is 14.5 Å². The first-order valence-corrected chi connectivity index (χ1v) is 9.29. The van der Waals surface area contributed by atoms with Gasteiger partial charge in [0, 0.05) is 10.0 Å². The number of nitrogens with zero attached hydrogens (tertiary/aromatic N) is 1. The molecule has 0 aliphatic carbocycles. The van der Waals surface area contributed by atoms with Gasteiger partial charge in [0.1, 0.15) is 5.75 Å². The van der Waals surface area contributed by atoms with Gasteiger partial charge >= 0.3 is 0 Å². The van der Waals surface area contributed by atoms with E-state index in [1.54, 1.807) is 12.1 Å². The van der Waals surface area contributed by atoms with Gasteiger partial charge in [-0.05, 0) is 52.7 Å². The van der Waals surface area contributed by atoms with Crippen molar-refractivity contribution in [3.63, 3.8) is 0 Å². The Morgan fingerprint density at radius 1 is 1.19 bits per heavy atom. The molecule has 0 saturated heterocycles. The number of rotatable bonds is 7. The van der Waals surface area contributed by atoms with Crippen molar-refractivity contribution < 1.29 is 24.1 Å². The van der Waals surface area contributed by atoms with Crippen LogP contribution in [0.1, 0.15) is 11.1 Å². The van der Waals surface area contributed by atoms with Crippen molar-refractivity contribution in [3.05, 3.63) is 44.3 Å². The Morgan fingerprint density at radius 3 is 2.37 bits per heavy atom. The third-order valence-corrected chi connectivity index (χ3v) is 4.49. The molecule has 0 atom stereocenters. The van der Waals surface area contributed by atoms with E-state index in [1.807, 2.05) is 19.1 Å². The molecule has 0 spiro atoms. The minimum absolute atomic E-state index is 0.106. The summed E-state index contributed by atoms with van der Waals surface area (Å²) in [6.45, 7) is 1.69. The summed E-state index contributed by atoms with van der Waals surface area (Å²) in [5, 5.41) is 13.8. The number of benzene rings is 2. The number of nitrogens with one attached hydrogen (secondary N) is 1. The molecule has 1 amide bonds. The average molecular weight is 502 g/mol. The largest absolute Gasteiger partial charge is 0.502 e. The predicted octanol–water partition coefficient (Wildman–Crippen LogP) is 3.77. The number of ether oxygens (including phenoxy) is 3. The number of amides is 1. The first-order valence-electron chi connectivity index (χ1n) is 7.71. The van der Waals surface area contributed by atoms with E-state index >= 15 is 0 Å². The lowest BCUT2D eigenvalue weighted by atomic mass is 10.2. The summed E-state index contributed by atoms with van der Waals surface area (Å²) in [6, 6.07) is 6.85. The number of carbonyl (C=O) groups is 1. The fourth-order valence-corrected chi connectivity index (χ4v) is 3.76. The van der Waals surface area contributed by atoms with Gasteiger partial charge in [0.2, 0.25) is 5.75 Å². The summed E-state index contributed by atoms with van der Waals surface area (Å²) in [4.78, 5) is 11.9. The van der Waals surface area contributed by atoms with Crippen LogP contribution in [0.4, 0.5) is 0 Å². The lowest BCUT2D eigenvalue weighted by Gasteiger charge is -2.11. The molecule has 0 heterocycles. The zero-order chi connectivity index (χ0) is 20.0. The van der Waals surface area contributed by atoms with E-state index in [1.165, 1.54) is 20.4 Å². The molecule has 2 aromatic carbocycles. The van der Waals surface area contributed by atoms with Crippen LogP contribution in [0.25, 0.3) is 0 Å². The molecule has 0 saturated carbocycles. The molecule has 9 heteroatoms. The molecule has 0 unspecified atom stereocenters. The highest BCUT2D eigenvalue weighted by Gasteiger charge is 2.11. The summed E-state index contributed by atoms with van der Waals surface area (Å²) in [7, 11) is 2.85. The number of methoxy groups -OCH3 is 2. The molecule has 2 N–H and O–H groups in total. The van der Waals surface area contributed by atoms with Crippen molar-refractivity contribution in [3.8, 4) is 23.0 Å². The number of hydrazone groups is 1. The third-order valence-electron chi connectivity index (χ3n) is 3.45. The maximum atomic E-state index is 11.9. The van der Waals surface area contributed by atoms with E-state index in [9.17, 15) is 9.90 Å². The third kappa shape index (κ3) is 5.61. The van der Waals surface area contributed by atoms with Gasteiger partial charge in [-0.2, -0.15) is 5.10 Å². The van der Waals surface area contributed by atoms with Crippen molar-refractivity contribution in [2.24, 2.45) is 5.10 Å². The second-order valence-corrected chi connectivity index (χ2v) is 7.16. The van der Waals surface area contributed by atoms with E-state index in [-0.39, 0.29) is 23.9 Å². The maximum absolute atomic E-state index is 11.9. The molecular weight excluding hydrogens is 484 g/mol. The standard InChI is InChI=1S/C18H18Br2N2O5/c1-10-4-12(19)7-13(20)18(10)27-9-16(23)22-21-8-11-5-14(25-2)17(24)15(6-11)26-3/h4-8,24H,9H2,1-3H3,(H,22,23)/b21-8+. The number of hydrogen-bond donors (Lipinski definition) is 2. The van der Waals surface area contributed by atoms with Crippen molar-refractivity contribution in [1.82, 2.24) is 5.43 Å². The number of phenolic OH excluding ortho intramolecular Hbond substituents is 1. The molecule has 0 aliphatic rings. The summed E-state index contributed by atoms with van der Waals surface area (Å²) < 4.78 is 17.3. The monoisotopic (exact) mass is 500 g/mol. The first-order chi connectivity index (χ1) is 12.8. The van der Waals surface area contributed by atoms with Crippen molar-refractivity contribution in [1.29, 1.82) is 0 Å². The van der Waals surface area contributed by atoms with Crippen molar-refractivity contribution >= 4 is 44.0 Å². The lowest BCUT2D eigenvalue weighted by Crippen LogP contribution is -2.24. The quantitative estimate of drug-likeness (QED) is 0.445. The number of hydrogen-bond acceptors (Lipinski definition) is 6. The molecular formula is C18H18Br2N2O5. The van der Waals surface area contributed by atoms with Crippen LogP contribution in [0.15, 0.2) is 38.3 Å². The fourth-order valence-electron chi connectivity index (χ4n) is 2.21. The van der Waals surface area contributed by atoms with Gasteiger partial charge in [-0.3, -0.25) is 4.79 Å². The number of carbonyl (C=O) groups excluding carboxylic acids is 1.